The van der Waals surface area contributed by atoms with Gasteiger partial charge in [0.25, 0.3) is 5.91 Å². The lowest BCUT2D eigenvalue weighted by molar-refractivity contribution is -0.114. The number of amides is 1. The minimum Gasteiger partial charge on any atom is -0.492 e. The van der Waals surface area contributed by atoms with Crippen molar-refractivity contribution in [2.45, 2.75) is 6.54 Å². The highest BCUT2D eigenvalue weighted by atomic mass is 32.1. The molecule has 0 saturated carbocycles. The number of carbonyl (C=O) groups excluding carboxylic acids is 1. The minimum atomic E-state index is -0.142. The molecule has 180 valence electrons. The standard InChI is InChI=1S/C28H23N3O4S/c1-29-24(27(32)31(28(29)36)20-7-3-2-4-8-20)15-19-17-30(23-10-6-5-9-22(19)23)13-14-33-21-11-12-25-26(16-21)35-18-34-25/h2-12,15-17H,13-14,18H2,1H3/b24-15-. The maximum Gasteiger partial charge on any atom is 0.281 e. The van der Waals surface area contributed by atoms with Gasteiger partial charge < -0.3 is 23.7 Å². The number of fused-ring (bicyclic) bond motifs is 2. The van der Waals surface area contributed by atoms with Crippen LogP contribution in [0.1, 0.15) is 5.56 Å². The number of likely N-dealkylation sites (N-methyl/N-ethyl adjacent to an activating group) is 1. The zero-order valence-corrected chi connectivity index (χ0v) is 20.4. The second kappa shape index (κ2) is 9.05. The van der Waals surface area contributed by atoms with Gasteiger partial charge in [0.1, 0.15) is 18.1 Å². The maximum atomic E-state index is 13.4. The molecule has 3 heterocycles. The largest absolute Gasteiger partial charge is 0.492 e. The predicted molar refractivity (Wildman–Crippen MR) is 142 cm³/mol. The fourth-order valence-corrected chi connectivity index (χ4v) is 4.80. The molecule has 0 unspecified atom stereocenters. The molecule has 0 spiro atoms. The highest BCUT2D eigenvalue weighted by Gasteiger charge is 2.36. The van der Waals surface area contributed by atoms with Gasteiger partial charge >= 0.3 is 0 Å². The molecule has 7 nitrogen and oxygen atoms in total. The fourth-order valence-electron chi connectivity index (χ4n) is 4.51. The maximum absolute atomic E-state index is 13.4. The van der Waals surface area contributed by atoms with Crippen molar-refractivity contribution in [2.24, 2.45) is 0 Å². The summed E-state index contributed by atoms with van der Waals surface area (Å²) in [6, 6.07) is 23.2. The lowest BCUT2D eigenvalue weighted by atomic mass is 10.1. The number of anilines is 1. The number of hydrogen-bond acceptors (Lipinski definition) is 5. The number of rotatable bonds is 6. The van der Waals surface area contributed by atoms with Gasteiger partial charge in [0.2, 0.25) is 6.79 Å². The molecular formula is C28H23N3O4S. The Balaban J connectivity index is 1.26. The van der Waals surface area contributed by atoms with Crippen molar-refractivity contribution in [1.82, 2.24) is 9.47 Å². The van der Waals surface area contributed by atoms with E-state index in [0.717, 1.165) is 33.7 Å². The molecule has 2 aliphatic rings. The fraction of sp³-hybridized carbons (Fsp3) is 0.143. The molecule has 4 aromatic rings. The molecule has 1 amide bonds. The van der Waals surface area contributed by atoms with Crippen molar-refractivity contribution in [3.8, 4) is 17.2 Å². The van der Waals surface area contributed by atoms with E-state index >= 15 is 0 Å². The van der Waals surface area contributed by atoms with Gasteiger partial charge in [-0.1, -0.05) is 36.4 Å². The van der Waals surface area contributed by atoms with Crippen molar-refractivity contribution in [3.63, 3.8) is 0 Å². The van der Waals surface area contributed by atoms with Crippen molar-refractivity contribution in [3.05, 3.63) is 90.3 Å². The quantitative estimate of drug-likeness (QED) is 0.274. The number of hydrogen-bond donors (Lipinski definition) is 0. The number of ether oxygens (including phenoxy) is 3. The number of benzene rings is 3. The molecule has 8 heteroatoms. The van der Waals surface area contributed by atoms with Gasteiger partial charge in [-0.25, -0.2) is 0 Å². The van der Waals surface area contributed by atoms with Crippen LogP contribution in [0.25, 0.3) is 17.0 Å². The number of aromatic nitrogens is 1. The summed E-state index contributed by atoms with van der Waals surface area (Å²) < 4.78 is 18.9. The van der Waals surface area contributed by atoms with E-state index in [0.29, 0.717) is 29.7 Å². The molecule has 0 bridgehead atoms. The molecule has 6 rings (SSSR count). The average Bonchev–Trinajstić information content (AvgIpc) is 3.57. The van der Waals surface area contributed by atoms with E-state index in [1.807, 2.05) is 73.8 Å². The Hall–Kier alpha value is -4.30. The molecule has 0 radical (unpaired) electrons. The summed E-state index contributed by atoms with van der Waals surface area (Å²) in [5.41, 5.74) is 3.30. The van der Waals surface area contributed by atoms with Crippen LogP contribution in [0, 0.1) is 0 Å². The molecule has 0 aliphatic carbocycles. The Morgan fingerprint density at radius 3 is 2.64 bits per heavy atom. The zero-order valence-electron chi connectivity index (χ0n) is 19.6. The second-order valence-electron chi connectivity index (χ2n) is 8.51. The van der Waals surface area contributed by atoms with Gasteiger partial charge in [0.15, 0.2) is 16.6 Å². The van der Waals surface area contributed by atoms with Gasteiger partial charge in [-0.3, -0.25) is 9.69 Å². The molecule has 1 fully saturated rings. The number of nitrogens with zero attached hydrogens (tertiary/aromatic N) is 3. The number of para-hydroxylation sites is 2. The third-order valence-corrected chi connectivity index (χ3v) is 6.79. The molecule has 1 aromatic heterocycles. The highest BCUT2D eigenvalue weighted by Crippen LogP contribution is 2.35. The van der Waals surface area contributed by atoms with Crippen molar-refractivity contribution < 1.29 is 19.0 Å². The highest BCUT2D eigenvalue weighted by molar-refractivity contribution is 7.80. The summed E-state index contributed by atoms with van der Waals surface area (Å²) >= 11 is 5.60. The molecule has 2 aliphatic heterocycles. The first kappa shape index (κ1) is 22.2. The van der Waals surface area contributed by atoms with E-state index in [1.54, 1.807) is 9.80 Å². The predicted octanol–water partition coefficient (Wildman–Crippen LogP) is 5.05. The van der Waals surface area contributed by atoms with Crippen LogP contribution >= 0.6 is 12.2 Å². The van der Waals surface area contributed by atoms with E-state index in [9.17, 15) is 4.79 Å². The Kier molecular flexibility index (Phi) is 5.58. The SMILES string of the molecule is CN1C(=S)N(c2ccccc2)C(=O)/C1=C/c1cn(CCOc2ccc3c(c2)OCO3)c2ccccc12. The normalized spacial score (nSPS) is 16.0. The zero-order chi connectivity index (χ0) is 24.6. The summed E-state index contributed by atoms with van der Waals surface area (Å²) in [4.78, 5) is 16.7. The minimum absolute atomic E-state index is 0.142. The van der Waals surface area contributed by atoms with Crippen molar-refractivity contribution in [2.75, 3.05) is 25.3 Å². The second-order valence-corrected chi connectivity index (χ2v) is 8.87. The Morgan fingerprint density at radius 2 is 1.78 bits per heavy atom. The molecule has 0 N–H and O–H groups in total. The first-order valence-corrected chi connectivity index (χ1v) is 12.0. The van der Waals surface area contributed by atoms with Gasteiger partial charge in [0.05, 0.1) is 12.2 Å². The molecule has 0 atom stereocenters. The van der Waals surface area contributed by atoms with Crippen LogP contribution < -0.4 is 19.1 Å². The molecule has 36 heavy (non-hydrogen) atoms. The average molecular weight is 498 g/mol. The molecule has 1 saturated heterocycles. The Morgan fingerprint density at radius 1 is 1.00 bits per heavy atom. The lowest BCUT2D eigenvalue weighted by Crippen LogP contribution is -2.30. The first-order chi connectivity index (χ1) is 17.6. The molecule has 3 aromatic carbocycles. The van der Waals surface area contributed by atoms with Crippen LogP contribution in [-0.4, -0.2) is 40.9 Å². The van der Waals surface area contributed by atoms with Crippen LogP contribution in [-0.2, 0) is 11.3 Å². The Labute approximate surface area is 213 Å². The first-order valence-electron chi connectivity index (χ1n) is 11.6. The summed E-state index contributed by atoms with van der Waals surface area (Å²) in [6.45, 7) is 1.34. The van der Waals surface area contributed by atoms with E-state index in [-0.39, 0.29) is 12.7 Å². The van der Waals surface area contributed by atoms with Crippen LogP contribution in [0.2, 0.25) is 0 Å². The monoisotopic (exact) mass is 497 g/mol. The Bertz CT molecular complexity index is 1510. The van der Waals surface area contributed by atoms with Gasteiger partial charge in [-0.05, 0) is 48.6 Å². The topological polar surface area (TPSA) is 56.2 Å². The van der Waals surface area contributed by atoms with E-state index in [4.69, 9.17) is 26.4 Å². The van der Waals surface area contributed by atoms with Crippen LogP contribution in [0.3, 0.4) is 0 Å². The summed E-state index contributed by atoms with van der Waals surface area (Å²) in [5, 5.41) is 1.51. The van der Waals surface area contributed by atoms with E-state index in [1.165, 1.54) is 0 Å². The number of carbonyl (C=O) groups is 1. The van der Waals surface area contributed by atoms with Gasteiger partial charge in [-0.2, -0.15) is 0 Å². The summed E-state index contributed by atoms with van der Waals surface area (Å²) in [5.74, 6) is 2.01. The van der Waals surface area contributed by atoms with Gasteiger partial charge in [0, 0.05) is 35.8 Å². The smallest absolute Gasteiger partial charge is 0.281 e. The third kappa shape index (κ3) is 3.85. The van der Waals surface area contributed by atoms with E-state index in [2.05, 4.69) is 22.9 Å². The van der Waals surface area contributed by atoms with Crippen molar-refractivity contribution >= 4 is 45.9 Å². The number of thiocarbonyl (C=S) groups is 1. The summed E-state index contributed by atoms with van der Waals surface area (Å²) in [6.07, 6.45) is 3.96. The van der Waals surface area contributed by atoms with Gasteiger partial charge in [-0.15, -0.1) is 0 Å². The van der Waals surface area contributed by atoms with Crippen LogP contribution in [0.5, 0.6) is 17.2 Å². The van der Waals surface area contributed by atoms with E-state index < -0.39 is 0 Å². The summed E-state index contributed by atoms with van der Waals surface area (Å²) in [7, 11) is 1.83. The lowest BCUT2D eigenvalue weighted by Gasteiger charge is -2.16. The van der Waals surface area contributed by atoms with Crippen LogP contribution in [0.4, 0.5) is 5.69 Å². The van der Waals surface area contributed by atoms with Crippen LogP contribution in [0.15, 0.2) is 84.7 Å². The molecular weight excluding hydrogens is 474 g/mol. The van der Waals surface area contributed by atoms with Crippen molar-refractivity contribution in [1.29, 1.82) is 0 Å². The third-order valence-electron chi connectivity index (χ3n) is 6.33.